The van der Waals surface area contributed by atoms with Gasteiger partial charge in [-0.25, -0.2) is 0 Å². The summed E-state index contributed by atoms with van der Waals surface area (Å²) in [6.07, 6.45) is 1.78. The Morgan fingerprint density at radius 3 is 2.50 bits per heavy atom. The third kappa shape index (κ3) is 1.69. The third-order valence-corrected chi connectivity index (χ3v) is 1.11. The fraction of sp³-hybridized carbons (Fsp3) is 0.333. The molecule has 4 heteroatoms. The van der Waals surface area contributed by atoms with Crippen LogP contribution in [0.3, 0.4) is 0 Å². The Hall–Kier alpha value is -0.601. The summed E-state index contributed by atoms with van der Waals surface area (Å²) in [5.74, 6) is -0.953. The molecule has 0 aliphatic carbocycles. The molecule has 1 aliphatic rings. The zero-order valence-electron chi connectivity index (χ0n) is 5.31. The van der Waals surface area contributed by atoms with Crippen molar-refractivity contribution in [3.63, 3.8) is 0 Å². The van der Waals surface area contributed by atoms with Crippen LogP contribution in [0.15, 0.2) is 12.3 Å². The van der Waals surface area contributed by atoms with Gasteiger partial charge in [0.1, 0.15) is 0 Å². The van der Waals surface area contributed by atoms with E-state index in [1.807, 2.05) is 0 Å². The van der Waals surface area contributed by atoms with Crippen molar-refractivity contribution >= 4 is 11.6 Å². The second kappa shape index (κ2) is 3.54. The number of Topliss-reactive ketones (excluding diaryl/α,β-unsaturated/α-hetero) is 1. The molecule has 0 saturated carbocycles. The number of ketones is 2. The molecule has 0 fully saturated rings. The van der Waals surface area contributed by atoms with Crippen molar-refractivity contribution in [3.8, 4) is 0 Å². The Bertz CT molecular complexity index is 185. The van der Waals surface area contributed by atoms with Crippen molar-refractivity contribution in [2.45, 2.75) is 13.0 Å². The molecular weight excluding hydrogens is 176 g/mol. The number of carbonyl (C=O) groups excluding carboxylic acids is 2. The first kappa shape index (κ1) is 9.40. The first-order chi connectivity index (χ1) is 4.22. The quantitative estimate of drug-likeness (QED) is 0.392. The minimum Gasteiger partial charge on any atom is -0.490 e. The maximum atomic E-state index is 10.6. The van der Waals surface area contributed by atoms with Crippen LogP contribution in [0.2, 0.25) is 0 Å². The molecule has 1 heterocycles. The summed E-state index contributed by atoms with van der Waals surface area (Å²) in [6, 6.07) is 0. The molecule has 1 atom stereocenters. The van der Waals surface area contributed by atoms with Crippen LogP contribution in [0, 0.1) is 0 Å². The standard InChI is InChI=1S/C6H6O3.Fe/c1-4-6(8)5(7)2-3-9-4;/h2-4H,1H3;/q;+3. The molecule has 3 nitrogen and oxygen atoms in total. The zero-order chi connectivity index (χ0) is 6.85. The maximum absolute atomic E-state index is 10.6. The van der Waals surface area contributed by atoms with E-state index in [-0.39, 0.29) is 17.1 Å². The fourth-order valence-electron chi connectivity index (χ4n) is 0.563. The van der Waals surface area contributed by atoms with Crippen molar-refractivity contribution < 1.29 is 31.4 Å². The van der Waals surface area contributed by atoms with Crippen molar-refractivity contribution in [2.75, 3.05) is 0 Å². The van der Waals surface area contributed by atoms with Crippen molar-refractivity contribution in [1.29, 1.82) is 0 Å². The summed E-state index contributed by atoms with van der Waals surface area (Å²) in [7, 11) is 0. The van der Waals surface area contributed by atoms with E-state index in [1.54, 1.807) is 6.92 Å². The minimum atomic E-state index is -0.595. The number of carbonyl (C=O) groups is 2. The first-order valence-electron chi connectivity index (χ1n) is 2.62. The molecule has 0 N–H and O–H groups in total. The molecule has 0 aromatic heterocycles. The summed E-state index contributed by atoms with van der Waals surface area (Å²) in [6.45, 7) is 1.55. The number of rotatable bonds is 0. The number of hydrogen-bond donors (Lipinski definition) is 0. The second-order valence-corrected chi connectivity index (χ2v) is 1.81. The number of hydrogen-bond acceptors (Lipinski definition) is 3. The van der Waals surface area contributed by atoms with Crippen LogP contribution >= 0.6 is 0 Å². The van der Waals surface area contributed by atoms with Gasteiger partial charge >= 0.3 is 17.1 Å². The summed E-state index contributed by atoms with van der Waals surface area (Å²) < 4.78 is 4.71. The van der Waals surface area contributed by atoms with Crippen LogP contribution in [0.1, 0.15) is 6.92 Å². The van der Waals surface area contributed by atoms with Gasteiger partial charge in [0.15, 0.2) is 6.10 Å². The smallest absolute Gasteiger partial charge is 0.490 e. The van der Waals surface area contributed by atoms with Gasteiger partial charge in [0, 0.05) is 6.08 Å². The average Bonchev–Trinajstić information content (AvgIpc) is 1.83. The largest absolute Gasteiger partial charge is 3.00 e. The Balaban J connectivity index is 0.000000810. The van der Waals surface area contributed by atoms with Gasteiger partial charge in [-0.2, -0.15) is 0 Å². The van der Waals surface area contributed by atoms with E-state index in [9.17, 15) is 9.59 Å². The normalized spacial score (nSPS) is 23.5. The molecule has 0 saturated heterocycles. The van der Waals surface area contributed by atoms with Crippen LogP contribution in [0.4, 0.5) is 0 Å². The third-order valence-electron chi connectivity index (χ3n) is 1.11. The summed E-state index contributed by atoms with van der Waals surface area (Å²) in [4.78, 5) is 21.1. The predicted molar refractivity (Wildman–Crippen MR) is 29.7 cm³/mol. The molecule has 1 radical (unpaired) electrons. The van der Waals surface area contributed by atoms with Gasteiger partial charge in [-0.3, -0.25) is 9.59 Å². The molecule has 0 aromatic rings. The van der Waals surface area contributed by atoms with Gasteiger partial charge in [-0.05, 0) is 6.92 Å². The number of allylic oxidation sites excluding steroid dienone is 1. The second-order valence-electron chi connectivity index (χ2n) is 1.81. The molecule has 0 spiro atoms. The van der Waals surface area contributed by atoms with Crippen molar-refractivity contribution in [1.82, 2.24) is 0 Å². The Morgan fingerprint density at radius 1 is 1.50 bits per heavy atom. The van der Waals surface area contributed by atoms with E-state index in [0.717, 1.165) is 6.08 Å². The van der Waals surface area contributed by atoms with Gasteiger partial charge in [-0.1, -0.05) is 0 Å². The Kier molecular flexibility index (Phi) is 3.33. The van der Waals surface area contributed by atoms with E-state index in [4.69, 9.17) is 4.74 Å². The SMILES string of the molecule is CC1OC=CC(=O)C1=O.[Fe+3]. The van der Waals surface area contributed by atoms with E-state index < -0.39 is 17.7 Å². The first-order valence-corrected chi connectivity index (χ1v) is 2.62. The zero-order valence-corrected chi connectivity index (χ0v) is 6.41. The Labute approximate surface area is 68.9 Å². The predicted octanol–water partition coefficient (Wildman–Crippen LogP) is 0.0545. The van der Waals surface area contributed by atoms with Gasteiger partial charge in [0.05, 0.1) is 6.26 Å². The van der Waals surface area contributed by atoms with Gasteiger partial charge in [0.25, 0.3) is 0 Å². The summed E-state index contributed by atoms with van der Waals surface area (Å²) in [5.41, 5.74) is 0. The van der Waals surface area contributed by atoms with Crippen LogP contribution in [0.5, 0.6) is 0 Å². The van der Waals surface area contributed by atoms with Crippen LogP contribution in [0.25, 0.3) is 0 Å². The van der Waals surface area contributed by atoms with E-state index >= 15 is 0 Å². The molecule has 1 unspecified atom stereocenters. The maximum Gasteiger partial charge on any atom is 3.00 e. The molecule has 1 aliphatic heterocycles. The molecule has 53 valence electrons. The fourth-order valence-corrected chi connectivity index (χ4v) is 0.563. The Morgan fingerprint density at radius 2 is 2.10 bits per heavy atom. The summed E-state index contributed by atoms with van der Waals surface area (Å²) >= 11 is 0. The van der Waals surface area contributed by atoms with E-state index in [2.05, 4.69) is 0 Å². The van der Waals surface area contributed by atoms with Crippen LogP contribution in [-0.4, -0.2) is 17.7 Å². The van der Waals surface area contributed by atoms with Crippen LogP contribution in [-0.2, 0) is 31.4 Å². The van der Waals surface area contributed by atoms with E-state index in [0.29, 0.717) is 0 Å². The molecule has 0 amide bonds. The molecule has 0 bridgehead atoms. The monoisotopic (exact) mass is 182 g/mol. The molecule has 10 heavy (non-hydrogen) atoms. The molecular formula is C6H6FeO3+3. The number of ether oxygens (including phenoxy) is 1. The van der Waals surface area contributed by atoms with Gasteiger partial charge in [0.2, 0.25) is 11.6 Å². The molecule has 0 aromatic carbocycles. The summed E-state index contributed by atoms with van der Waals surface area (Å²) in [5, 5.41) is 0. The van der Waals surface area contributed by atoms with Crippen molar-refractivity contribution in [2.24, 2.45) is 0 Å². The average molecular weight is 182 g/mol. The van der Waals surface area contributed by atoms with Crippen LogP contribution < -0.4 is 0 Å². The molecule has 1 rings (SSSR count). The van der Waals surface area contributed by atoms with E-state index in [1.165, 1.54) is 6.26 Å². The topological polar surface area (TPSA) is 43.4 Å². The van der Waals surface area contributed by atoms with Gasteiger partial charge in [-0.15, -0.1) is 0 Å². The minimum absolute atomic E-state index is 0. The van der Waals surface area contributed by atoms with Crippen molar-refractivity contribution in [3.05, 3.63) is 12.3 Å². The van der Waals surface area contributed by atoms with Gasteiger partial charge < -0.3 is 4.74 Å².